The van der Waals surface area contributed by atoms with Gasteiger partial charge >= 0.3 is 0 Å². The summed E-state index contributed by atoms with van der Waals surface area (Å²) in [5.74, 6) is 1.24. The van der Waals surface area contributed by atoms with Crippen LogP contribution in [0.15, 0.2) is 4.52 Å². The number of aromatic nitrogens is 2. The molecule has 2 rings (SSSR count). The van der Waals surface area contributed by atoms with Crippen LogP contribution in [0, 0.1) is 0 Å². The minimum absolute atomic E-state index is 0.110. The topological polar surface area (TPSA) is 74.2 Å². The van der Waals surface area contributed by atoms with E-state index in [1.54, 1.807) is 7.11 Å². The van der Waals surface area contributed by atoms with Gasteiger partial charge in [-0.05, 0) is 26.7 Å². The molecule has 1 aliphatic carbocycles. The van der Waals surface area contributed by atoms with Crippen molar-refractivity contribution in [3.63, 3.8) is 0 Å². The molecule has 1 aliphatic rings. The predicted octanol–water partition coefficient (Wildman–Crippen LogP) is 1.55. The molecule has 5 heteroatoms. The first-order valence-corrected chi connectivity index (χ1v) is 5.70. The molecule has 0 aromatic carbocycles. The van der Waals surface area contributed by atoms with Crippen molar-refractivity contribution >= 4 is 0 Å². The first-order chi connectivity index (χ1) is 7.58. The molecule has 1 aromatic heterocycles. The highest BCUT2D eigenvalue weighted by atomic mass is 16.5. The van der Waals surface area contributed by atoms with Crippen LogP contribution in [0.3, 0.4) is 0 Å². The lowest BCUT2D eigenvalue weighted by atomic mass is 9.85. The van der Waals surface area contributed by atoms with Crippen LogP contribution in [-0.2, 0) is 10.2 Å². The van der Waals surface area contributed by atoms with Gasteiger partial charge in [-0.3, -0.25) is 0 Å². The standard InChI is InChI=1S/C11H19N3O2/c1-7(15-3)9-13-10(16-14-9)11(2)6-4-5-8(11)12/h7-8H,4-6,12H2,1-3H3. The summed E-state index contributed by atoms with van der Waals surface area (Å²) in [5, 5.41) is 3.94. The lowest BCUT2D eigenvalue weighted by Gasteiger charge is -2.23. The van der Waals surface area contributed by atoms with E-state index in [-0.39, 0.29) is 17.6 Å². The largest absolute Gasteiger partial charge is 0.374 e. The lowest BCUT2D eigenvalue weighted by Crippen LogP contribution is -2.38. The van der Waals surface area contributed by atoms with E-state index in [2.05, 4.69) is 17.1 Å². The van der Waals surface area contributed by atoms with Gasteiger partial charge in [-0.25, -0.2) is 0 Å². The van der Waals surface area contributed by atoms with Crippen molar-refractivity contribution in [3.05, 3.63) is 11.7 Å². The maximum atomic E-state index is 6.10. The molecule has 0 bridgehead atoms. The van der Waals surface area contributed by atoms with Crippen molar-refractivity contribution < 1.29 is 9.26 Å². The van der Waals surface area contributed by atoms with Crippen LogP contribution >= 0.6 is 0 Å². The second kappa shape index (κ2) is 4.14. The van der Waals surface area contributed by atoms with Gasteiger partial charge in [0.15, 0.2) is 5.82 Å². The minimum atomic E-state index is -0.168. The van der Waals surface area contributed by atoms with E-state index < -0.39 is 0 Å². The van der Waals surface area contributed by atoms with E-state index in [1.165, 1.54) is 0 Å². The van der Waals surface area contributed by atoms with Gasteiger partial charge in [0.2, 0.25) is 5.89 Å². The zero-order valence-corrected chi connectivity index (χ0v) is 10.1. The minimum Gasteiger partial charge on any atom is -0.374 e. The van der Waals surface area contributed by atoms with Crippen LogP contribution < -0.4 is 5.73 Å². The molecule has 0 amide bonds. The van der Waals surface area contributed by atoms with Crippen LogP contribution in [0.4, 0.5) is 0 Å². The molecule has 90 valence electrons. The molecule has 0 spiro atoms. The van der Waals surface area contributed by atoms with Crippen LogP contribution in [0.25, 0.3) is 0 Å². The number of nitrogens with zero attached hydrogens (tertiary/aromatic N) is 2. The lowest BCUT2D eigenvalue weighted by molar-refractivity contribution is 0.109. The summed E-state index contributed by atoms with van der Waals surface area (Å²) < 4.78 is 10.5. The van der Waals surface area contributed by atoms with Crippen molar-refractivity contribution in [2.45, 2.75) is 50.7 Å². The zero-order valence-electron chi connectivity index (χ0n) is 10.1. The molecule has 3 atom stereocenters. The molecule has 1 saturated carbocycles. The molecule has 0 saturated heterocycles. The first-order valence-electron chi connectivity index (χ1n) is 5.70. The number of hydrogen-bond donors (Lipinski definition) is 1. The fourth-order valence-corrected chi connectivity index (χ4v) is 2.20. The van der Waals surface area contributed by atoms with E-state index in [1.807, 2.05) is 6.92 Å². The second-order valence-corrected chi connectivity index (χ2v) is 4.75. The van der Waals surface area contributed by atoms with Crippen LogP contribution in [-0.4, -0.2) is 23.3 Å². The molecular formula is C11H19N3O2. The molecular weight excluding hydrogens is 206 g/mol. The molecule has 3 unspecified atom stereocenters. The van der Waals surface area contributed by atoms with Gasteiger partial charge in [0.1, 0.15) is 6.10 Å². The fraction of sp³-hybridized carbons (Fsp3) is 0.818. The van der Waals surface area contributed by atoms with Crippen molar-refractivity contribution in [3.8, 4) is 0 Å². The molecule has 16 heavy (non-hydrogen) atoms. The van der Waals surface area contributed by atoms with Gasteiger partial charge in [0.05, 0.1) is 5.41 Å². The smallest absolute Gasteiger partial charge is 0.234 e. The van der Waals surface area contributed by atoms with Crippen LogP contribution in [0.5, 0.6) is 0 Å². The monoisotopic (exact) mass is 225 g/mol. The average Bonchev–Trinajstić information content (AvgIpc) is 2.87. The van der Waals surface area contributed by atoms with Crippen molar-refractivity contribution in [1.29, 1.82) is 0 Å². The summed E-state index contributed by atoms with van der Waals surface area (Å²) in [7, 11) is 1.63. The normalized spacial score (nSPS) is 31.9. The Bertz CT molecular complexity index is 366. The van der Waals surface area contributed by atoms with Crippen molar-refractivity contribution in [2.75, 3.05) is 7.11 Å². The summed E-state index contributed by atoms with van der Waals surface area (Å²) in [6.45, 7) is 3.99. The van der Waals surface area contributed by atoms with E-state index in [0.717, 1.165) is 19.3 Å². The Kier molecular flexibility index (Phi) is 2.99. The number of rotatable bonds is 3. The Morgan fingerprint density at radius 3 is 2.94 bits per heavy atom. The molecule has 0 radical (unpaired) electrons. The van der Waals surface area contributed by atoms with Crippen LogP contribution in [0.2, 0.25) is 0 Å². The van der Waals surface area contributed by atoms with Crippen molar-refractivity contribution in [2.24, 2.45) is 5.73 Å². The van der Waals surface area contributed by atoms with E-state index in [0.29, 0.717) is 11.7 Å². The van der Waals surface area contributed by atoms with Gasteiger partial charge in [0, 0.05) is 13.2 Å². The highest BCUT2D eigenvalue weighted by Gasteiger charge is 2.42. The molecule has 1 fully saturated rings. The SMILES string of the molecule is COC(C)c1noc(C2(C)CCCC2N)n1. The molecule has 5 nitrogen and oxygen atoms in total. The predicted molar refractivity (Wildman–Crippen MR) is 58.9 cm³/mol. The van der Waals surface area contributed by atoms with Gasteiger partial charge < -0.3 is 15.0 Å². The Morgan fingerprint density at radius 1 is 1.62 bits per heavy atom. The third kappa shape index (κ3) is 1.74. The zero-order chi connectivity index (χ0) is 11.8. The van der Waals surface area contributed by atoms with Gasteiger partial charge in [0.25, 0.3) is 0 Å². The third-order valence-electron chi connectivity index (χ3n) is 3.68. The highest BCUT2D eigenvalue weighted by molar-refractivity contribution is 5.12. The number of nitrogens with two attached hydrogens (primary N) is 1. The van der Waals surface area contributed by atoms with E-state index >= 15 is 0 Å². The summed E-state index contributed by atoms with van der Waals surface area (Å²) >= 11 is 0. The van der Waals surface area contributed by atoms with Gasteiger partial charge in [-0.2, -0.15) is 4.98 Å². The Balaban J connectivity index is 2.24. The summed E-state index contributed by atoms with van der Waals surface area (Å²) in [6, 6.07) is 0.110. The quantitative estimate of drug-likeness (QED) is 0.844. The Morgan fingerprint density at radius 2 is 2.38 bits per heavy atom. The van der Waals surface area contributed by atoms with Gasteiger partial charge in [-0.15, -0.1) is 0 Å². The molecule has 1 aromatic rings. The number of hydrogen-bond acceptors (Lipinski definition) is 5. The summed E-state index contributed by atoms with van der Waals surface area (Å²) in [5.41, 5.74) is 5.94. The van der Waals surface area contributed by atoms with E-state index in [9.17, 15) is 0 Å². The first kappa shape index (κ1) is 11.5. The molecule has 1 heterocycles. The molecule has 0 aliphatic heterocycles. The Hall–Kier alpha value is -0.940. The Labute approximate surface area is 95.3 Å². The van der Waals surface area contributed by atoms with Crippen LogP contribution in [0.1, 0.15) is 50.9 Å². The highest BCUT2D eigenvalue weighted by Crippen LogP contribution is 2.39. The summed E-state index contributed by atoms with van der Waals surface area (Å²) in [4.78, 5) is 4.40. The molecule has 2 N–H and O–H groups in total. The summed E-state index contributed by atoms with van der Waals surface area (Å²) in [6.07, 6.45) is 3.01. The maximum absolute atomic E-state index is 6.10. The van der Waals surface area contributed by atoms with Crippen molar-refractivity contribution in [1.82, 2.24) is 10.1 Å². The second-order valence-electron chi connectivity index (χ2n) is 4.75. The average molecular weight is 225 g/mol. The fourth-order valence-electron chi connectivity index (χ4n) is 2.20. The number of ether oxygens (including phenoxy) is 1. The van der Waals surface area contributed by atoms with E-state index in [4.69, 9.17) is 15.0 Å². The van der Waals surface area contributed by atoms with Gasteiger partial charge in [-0.1, -0.05) is 11.6 Å². The third-order valence-corrected chi connectivity index (χ3v) is 3.68. The maximum Gasteiger partial charge on any atom is 0.234 e. The number of methoxy groups -OCH3 is 1.